The molecule has 98 valence electrons. The molecule has 0 aromatic carbocycles. The molecule has 1 aromatic rings. The van der Waals surface area contributed by atoms with Gasteiger partial charge in [-0.3, -0.25) is 0 Å². The standard InChI is InChI=1S/C12H17N3O3/c1-2-17-12(16)10-5-8(6-15-11(10)13)14-7-9-3-4-18-9/h5-6,9,14H,2-4,7H2,1H3,(H2,13,15)/t9-/m0/s1. The highest BCUT2D eigenvalue weighted by Crippen LogP contribution is 2.17. The highest BCUT2D eigenvalue weighted by atomic mass is 16.5. The molecule has 1 atom stereocenters. The summed E-state index contributed by atoms with van der Waals surface area (Å²) in [4.78, 5) is 15.6. The summed E-state index contributed by atoms with van der Waals surface area (Å²) in [7, 11) is 0. The number of esters is 1. The molecular weight excluding hydrogens is 234 g/mol. The number of nitrogens with one attached hydrogen (secondary N) is 1. The van der Waals surface area contributed by atoms with Gasteiger partial charge in [-0.05, 0) is 19.4 Å². The van der Waals surface area contributed by atoms with Gasteiger partial charge in [-0.2, -0.15) is 0 Å². The molecule has 3 N–H and O–H groups in total. The van der Waals surface area contributed by atoms with Crippen LogP contribution >= 0.6 is 0 Å². The van der Waals surface area contributed by atoms with Gasteiger partial charge in [0.1, 0.15) is 11.4 Å². The summed E-state index contributed by atoms with van der Waals surface area (Å²) >= 11 is 0. The van der Waals surface area contributed by atoms with E-state index in [2.05, 4.69) is 10.3 Å². The Hall–Kier alpha value is -1.82. The quantitative estimate of drug-likeness (QED) is 0.760. The minimum atomic E-state index is -0.453. The van der Waals surface area contributed by atoms with Gasteiger partial charge in [-0.1, -0.05) is 0 Å². The van der Waals surface area contributed by atoms with Crippen LogP contribution in [-0.4, -0.2) is 36.8 Å². The Labute approximate surface area is 105 Å². The molecular formula is C12H17N3O3. The molecule has 6 heteroatoms. The van der Waals surface area contributed by atoms with Crippen molar-refractivity contribution in [1.29, 1.82) is 0 Å². The SMILES string of the molecule is CCOC(=O)c1cc(NC[C@@H]2CCO2)cnc1N. The average Bonchev–Trinajstić information content (AvgIpc) is 2.29. The molecule has 0 radical (unpaired) electrons. The van der Waals surface area contributed by atoms with Gasteiger partial charge in [-0.25, -0.2) is 9.78 Å². The highest BCUT2D eigenvalue weighted by Gasteiger charge is 2.18. The van der Waals surface area contributed by atoms with Crippen LogP contribution in [0.4, 0.5) is 11.5 Å². The van der Waals surface area contributed by atoms with Crippen molar-refractivity contribution in [3.63, 3.8) is 0 Å². The largest absolute Gasteiger partial charge is 0.462 e. The molecule has 1 aliphatic rings. The number of hydrogen-bond acceptors (Lipinski definition) is 6. The van der Waals surface area contributed by atoms with Crippen molar-refractivity contribution in [2.45, 2.75) is 19.4 Å². The van der Waals surface area contributed by atoms with Crippen LogP contribution in [0.15, 0.2) is 12.3 Å². The Morgan fingerprint density at radius 3 is 3.11 bits per heavy atom. The topological polar surface area (TPSA) is 86.5 Å². The number of nitrogens with two attached hydrogens (primary N) is 1. The zero-order valence-electron chi connectivity index (χ0n) is 10.3. The van der Waals surface area contributed by atoms with Crippen molar-refractivity contribution in [2.75, 3.05) is 30.8 Å². The van der Waals surface area contributed by atoms with E-state index in [4.69, 9.17) is 15.2 Å². The molecule has 0 amide bonds. The van der Waals surface area contributed by atoms with Gasteiger partial charge in [0.15, 0.2) is 0 Å². The van der Waals surface area contributed by atoms with E-state index < -0.39 is 5.97 Å². The number of aromatic nitrogens is 1. The summed E-state index contributed by atoms with van der Waals surface area (Å²) in [5, 5.41) is 3.16. The maximum Gasteiger partial charge on any atom is 0.341 e. The van der Waals surface area contributed by atoms with E-state index in [1.807, 2.05) is 0 Å². The van der Waals surface area contributed by atoms with Gasteiger partial charge in [0.2, 0.25) is 0 Å². The minimum absolute atomic E-state index is 0.180. The van der Waals surface area contributed by atoms with Crippen LogP contribution < -0.4 is 11.1 Å². The Morgan fingerprint density at radius 1 is 1.72 bits per heavy atom. The van der Waals surface area contributed by atoms with E-state index >= 15 is 0 Å². The van der Waals surface area contributed by atoms with Crippen molar-refractivity contribution in [1.82, 2.24) is 4.98 Å². The van der Waals surface area contributed by atoms with Crippen LogP contribution in [0.25, 0.3) is 0 Å². The Morgan fingerprint density at radius 2 is 2.50 bits per heavy atom. The Bertz CT molecular complexity index is 433. The van der Waals surface area contributed by atoms with Crippen molar-refractivity contribution in [3.8, 4) is 0 Å². The summed E-state index contributed by atoms with van der Waals surface area (Å²) in [6, 6.07) is 1.65. The fraction of sp³-hybridized carbons (Fsp3) is 0.500. The van der Waals surface area contributed by atoms with Crippen LogP contribution in [0.3, 0.4) is 0 Å². The molecule has 1 aromatic heterocycles. The maximum atomic E-state index is 11.6. The molecule has 1 saturated heterocycles. The molecule has 18 heavy (non-hydrogen) atoms. The molecule has 0 aliphatic carbocycles. The third-order valence-corrected chi connectivity index (χ3v) is 2.74. The molecule has 2 heterocycles. The first kappa shape index (κ1) is 12.6. The van der Waals surface area contributed by atoms with E-state index in [-0.39, 0.29) is 17.5 Å². The number of nitrogen functional groups attached to an aromatic ring is 1. The van der Waals surface area contributed by atoms with E-state index in [9.17, 15) is 4.79 Å². The lowest BCUT2D eigenvalue weighted by Crippen LogP contribution is -2.33. The number of hydrogen-bond donors (Lipinski definition) is 2. The van der Waals surface area contributed by atoms with E-state index in [0.29, 0.717) is 13.2 Å². The number of pyridine rings is 1. The predicted molar refractivity (Wildman–Crippen MR) is 67.5 cm³/mol. The van der Waals surface area contributed by atoms with Crippen LogP contribution in [-0.2, 0) is 9.47 Å². The van der Waals surface area contributed by atoms with E-state index in [1.54, 1.807) is 19.2 Å². The molecule has 6 nitrogen and oxygen atoms in total. The first-order valence-electron chi connectivity index (χ1n) is 5.98. The van der Waals surface area contributed by atoms with Crippen molar-refractivity contribution < 1.29 is 14.3 Å². The minimum Gasteiger partial charge on any atom is -0.462 e. The predicted octanol–water partition coefficient (Wildman–Crippen LogP) is 1.04. The number of carbonyl (C=O) groups excluding carboxylic acids is 1. The van der Waals surface area contributed by atoms with E-state index in [0.717, 1.165) is 18.7 Å². The maximum absolute atomic E-state index is 11.6. The summed E-state index contributed by atoms with van der Waals surface area (Å²) < 4.78 is 10.2. The second kappa shape index (κ2) is 5.68. The molecule has 0 saturated carbocycles. The molecule has 1 fully saturated rings. The Balaban J connectivity index is 2.02. The monoisotopic (exact) mass is 251 g/mol. The second-order valence-corrected chi connectivity index (χ2v) is 4.04. The molecule has 0 bridgehead atoms. The van der Waals surface area contributed by atoms with Crippen LogP contribution in [0.1, 0.15) is 23.7 Å². The summed E-state index contributed by atoms with van der Waals surface area (Å²) in [6.07, 6.45) is 2.89. The van der Waals surface area contributed by atoms with Gasteiger partial charge in [-0.15, -0.1) is 0 Å². The van der Waals surface area contributed by atoms with Gasteiger partial charge < -0.3 is 20.5 Å². The smallest absolute Gasteiger partial charge is 0.341 e. The number of nitrogens with zero attached hydrogens (tertiary/aromatic N) is 1. The van der Waals surface area contributed by atoms with Crippen LogP contribution in [0.2, 0.25) is 0 Å². The normalized spacial score (nSPS) is 17.9. The first-order chi connectivity index (χ1) is 8.70. The highest BCUT2D eigenvalue weighted by molar-refractivity contribution is 5.95. The lowest BCUT2D eigenvalue weighted by Gasteiger charge is -2.26. The third kappa shape index (κ3) is 2.89. The summed E-state index contributed by atoms with van der Waals surface area (Å²) in [5.74, 6) is -0.273. The van der Waals surface area contributed by atoms with Crippen molar-refractivity contribution in [2.24, 2.45) is 0 Å². The third-order valence-electron chi connectivity index (χ3n) is 2.74. The summed E-state index contributed by atoms with van der Waals surface area (Å²) in [6.45, 7) is 3.58. The van der Waals surface area contributed by atoms with Gasteiger partial charge in [0.25, 0.3) is 0 Å². The fourth-order valence-corrected chi connectivity index (χ4v) is 1.62. The van der Waals surface area contributed by atoms with Crippen LogP contribution in [0.5, 0.6) is 0 Å². The first-order valence-corrected chi connectivity index (χ1v) is 5.98. The Kier molecular flexibility index (Phi) is 3.99. The van der Waals surface area contributed by atoms with Crippen molar-refractivity contribution >= 4 is 17.5 Å². The zero-order chi connectivity index (χ0) is 13.0. The molecule has 1 aliphatic heterocycles. The van der Waals surface area contributed by atoms with Gasteiger partial charge >= 0.3 is 5.97 Å². The number of rotatable bonds is 5. The summed E-state index contributed by atoms with van der Waals surface area (Å²) in [5.41, 5.74) is 6.68. The number of anilines is 2. The van der Waals surface area contributed by atoms with Crippen LogP contribution in [0, 0.1) is 0 Å². The average molecular weight is 251 g/mol. The number of carbonyl (C=O) groups is 1. The number of ether oxygens (including phenoxy) is 2. The lowest BCUT2D eigenvalue weighted by atomic mass is 10.2. The van der Waals surface area contributed by atoms with Gasteiger partial charge in [0.05, 0.1) is 24.6 Å². The second-order valence-electron chi connectivity index (χ2n) is 4.04. The molecule has 0 spiro atoms. The zero-order valence-corrected chi connectivity index (χ0v) is 10.3. The van der Waals surface area contributed by atoms with E-state index in [1.165, 1.54) is 0 Å². The van der Waals surface area contributed by atoms with Gasteiger partial charge in [0, 0.05) is 13.2 Å². The molecule has 2 rings (SSSR count). The fourth-order valence-electron chi connectivity index (χ4n) is 1.62. The molecule has 0 unspecified atom stereocenters. The lowest BCUT2D eigenvalue weighted by molar-refractivity contribution is -0.0410. The van der Waals surface area contributed by atoms with Crippen molar-refractivity contribution in [3.05, 3.63) is 17.8 Å².